The Balaban J connectivity index is 1.36. The first kappa shape index (κ1) is 17.7. The van der Waals surface area contributed by atoms with Crippen LogP contribution in [0.3, 0.4) is 0 Å². The Morgan fingerprint density at radius 1 is 1.22 bits per heavy atom. The topological polar surface area (TPSA) is 72.4 Å². The summed E-state index contributed by atoms with van der Waals surface area (Å²) >= 11 is 0. The monoisotopic (exact) mass is 371 g/mol. The van der Waals surface area contributed by atoms with Crippen LogP contribution in [0.5, 0.6) is 0 Å². The van der Waals surface area contributed by atoms with Crippen LogP contribution >= 0.6 is 0 Å². The van der Waals surface area contributed by atoms with Gasteiger partial charge in [0.05, 0.1) is 11.4 Å². The van der Waals surface area contributed by atoms with Gasteiger partial charge >= 0.3 is 0 Å². The van der Waals surface area contributed by atoms with Crippen molar-refractivity contribution < 1.29 is 18.2 Å². The van der Waals surface area contributed by atoms with Crippen molar-refractivity contribution in [2.75, 3.05) is 13.1 Å². The molecule has 7 heteroatoms. The van der Waals surface area contributed by atoms with Gasteiger partial charge in [-0.15, -0.1) is 0 Å². The fraction of sp³-hybridized carbons (Fsp3) is 0.450. The van der Waals surface area contributed by atoms with E-state index < -0.39 is 0 Å². The van der Waals surface area contributed by atoms with Gasteiger partial charge in [-0.25, -0.2) is 4.39 Å². The molecule has 0 bridgehead atoms. The van der Waals surface area contributed by atoms with Gasteiger partial charge in [0.1, 0.15) is 11.6 Å². The fourth-order valence-electron chi connectivity index (χ4n) is 3.88. The molecule has 0 unspecified atom stereocenters. The third-order valence-corrected chi connectivity index (χ3v) is 5.47. The molecule has 1 amide bonds. The molecule has 1 aliphatic rings. The quantitative estimate of drug-likeness (QED) is 0.695. The normalized spacial score (nSPS) is 15.6. The summed E-state index contributed by atoms with van der Waals surface area (Å²) in [4.78, 5) is 14.5. The van der Waals surface area contributed by atoms with Gasteiger partial charge in [0.15, 0.2) is 5.58 Å². The van der Waals surface area contributed by atoms with Crippen molar-refractivity contribution in [2.24, 2.45) is 0 Å². The molecule has 1 aliphatic heterocycles. The third kappa shape index (κ3) is 3.46. The van der Waals surface area contributed by atoms with Gasteiger partial charge in [-0.05, 0) is 45.2 Å². The number of carbonyl (C=O) groups excluding carboxylic acids is 1. The van der Waals surface area contributed by atoms with E-state index in [4.69, 9.17) is 9.05 Å². The number of carbonyl (C=O) groups is 1. The second kappa shape index (κ2) is 7.13. The number of fused-ring (bicyclic) bond motifs is 1. The van der Waals surface area contributed by atoms with E-state index in [-0.39, 0.29) is 17.6 Å². The molecule has 1 saturated heterocycles. The number of nitrogens with zero attached hydrogens (tertiary/aromatic N) is 3. The van der Waals surface area contributed by atoms with Gasteiger partial charge in [-0.3, -0.25) is 4.79 Å². The molecule has 1 aromatic carbocycles. The van der Waals surface area contributed by atoms with Crippen LogP contribution in [0.25, 0.3) is 11.0 Å². The van der Waals surface area contributed by atoms with Crippen LogP contribution in [0.1, 0.15) is 47.9 Å². The number of hydrogen-bond acceptors (Lipinski definition) is 5. The maximum atomic E-state index is 13.3. The van der Waals surface area contributed by atoms with Gasteiger partial charge in [0.25, 0.3) is 0 Å². The number of halogens is 1. The van der Waals surface area contributed by atoms with Crippen molar-refractivity contribution >= 4 is 16.9 Å². The molecular weight excluding hydrogens is 349 g/mol. The zero-order valence-electron chi connectivity index (χ0n) is 15.5. The van der Waals surface area contributed by atoms with E-state index in [2.05, 4.69) is 10.3 Å². The number of amides is 1. The van der Waals surface area contributed by atoms with Gasteiger partial charge < -0.3 is 13.9 Å². The van der Waals surface area contributed by atoms with Crippen LogP contribution in [-0.4, -0.2) is 34.2 Å². The number of aromatic nitrogens is 2. The van der Waals surface area contributed by atoms with Crippen LogP contribution in [-0.2, 0) is 11.2 Å². The molecule has 1 fully saturated rings. The maximum Gasteiger partial charge on any atom is 0.222 e. The smallest absolute Gasteiger partial charge is 0.222 e. The summed E-state index contributed by atoms with van der Waals surface area (Å²) in [5.41, 5.74) is 3.23. The van der Waals surface area contributed by atoms with E-state index in [1.165, 1.54) is 12.1 Å². The van der Waals surface area contributed by atoms with E-state index in [9.17, 15) is 9.18 Å². The summed E-state index contributed by atoms with van der Waals surface area (Å²) in [7, 11) is 0. The van der Waals surface area contributed by atoms with E-state index >= 15 is 0 Å². The molecule has 3 aromatic rings. The Hall–Kier alpha value is -2.70. The highest BCUT2D eigenvalue weighted by molar-refractivity contribution is 5.80. The summed E-state index contributed by atoms with van der Waals surface area (Å²) in [6.07, 6.45) is 2.77. The SMILES string of the molecule is Cc1noc(C)c1CCC(=O)N1CCC(c2noc3cc(F)ccc23)CC1. The summed E-state index contributed by atoms with van der Waals surface area (Å²) < 4.78 is 23.7. The highest BCUT2D eigenvalue weighted by atomic mass is 19.1. The predicted octanol–water partition coefficient (Wildman–Crippen LogP) is 3.91. The van der Waals surface area contributed by atoms with Crippen LogP contribution in [0.4, 0.5) is 4.39 Å². The molecule has 4 rings (SSSR count). The molecule has 142 valence electrons. The molecule has 0 saturated carbocycles. The summed E-state index contributed by atoms with van der Waals surface area (Å²) in [5, 5.41) is 8.95. The first-order chi connectivity index (χ1) is 13.0. The minimum absolute atomic E-state index is 0.153. The number of rotatable bonds is 4. The highest BCUT2D eigenvalue weighted by Crippen LogP contribution is 2.33. The van der Waals surface area contributed by atoms with Gasteiger partial charge in [-0.2, -0.15) is 0 Å². The molecule has 0 N–H and O–H groups in total. The second-order valence-electron chi connectivity index (χ2n) is 7.17. The molecule has 0 spiro atoms. The lowest BCUT2D eigenvalue weighted by Gasteiger charge is -2.31. The van der Waals surface area contributed by atoms with Crippen molar-refractivity contribution in [3.63, 3.8) is 0 Å². The lowest BCUT2D eigenvalue weighted by molar-refractivity contribution is -0.132. The van der Waals surface area contributed by atoms with E-state index in [1.54, 1.807) is 6.07 Å². The third-order valence-electron chi connectivity index (χ3n) is 5.47. The Kier molecular flexibility index (Phi) is 4.68. The molecule has 0 radical (unpaired) electrons. The lowest BCUT2D eigenvalue weighted by atomic mass is 9.91. The van der Waals surface area contributed by atoms with Crippen LogP contribution in [0, 0.1) is 19.7 Å². The van der Waals surface area contributed by atoms with Crippen LogP contribution in [0.2, 0.25) is 0 Å². The minimum atomic E-state index is -0.330. The van der Waals surface area contributed by atoms with E-state index in [0.717, 1.165) is 40.9 Å². The number of aryl methyl sites for hydroxylation is 2. The van der Waals surface area contributed by atoms with Crippen molar-refractivity contribution in [3.05, 3.63) is 46.7 Å². The Labute approximate surface area is 156 Å². The lowest BCUT2D eigenvalue weighted by Crippen LogP contribution is -2.38. The van der Waals surface area contributed by atoms with Gasteiger partial charge in [0, 0.05) is 42.4 Å². The minimum Gasteiger partial charge on any atom is -0.361 e. The first-order valence-electron chi connectivity index (χ1n) is 9.27. The molecule has 2 aromatic heterocycles. The van der Waals surface area contributed by atoms with E-state index in [0.29, 0.717) is 31.5 Å². The largest absolute Gasteiger partial charge is 0.361 e. The zero-order valence-corrected chi connectivity index (χ0v) is 15.5. The van der Waals surface area contributed by atoms with Crippen molar-refractivity contribution in [1.29, 1.82) is 0 Å². The Bertz CT molecular complexity index is 951. The number of likely N-dealkylation sites (tertiary alicyclic amines) is 1. The van der Waals surface area contributed by atoms with Crippen molar-refractivity contribution in [1.82, 2.24) is 15.2 Å². The number of hydrogen-bond donors (Lipinski definition) is 0. The standard InChI is InChI=1S/C20H22FN3O3/c1-12-16(13(2)26-22-12)5-6-19(25)24-9-7-14(8-10-24)20-17-4-3-15(21)11-18(17)27-23-20/h3-4,11,14H,5-10H2,1-2H3. The van der Waals surface area contributed by atoms with Crippen molar-refractivity contribution in [2.45, 2.75) is 45.4 Å². The average molecular weight is 371 g/mol. The van der Waals surface area contributed by atoms with Gasteiger partial charge in [-0.1, -0.05) is 10.3 Å². The molecule has 27 heavy (non-hydrogen) atoms. The van der Waals surface area contributed by atoms with Crippen LogP contribution < -0.4 is 0 Å². The summed E-state index contributed by atoms with van der Waals surface area (Å²) in [6.45, 7) is 5.16. The molecule has 0 aliphatic carbocycles. The Morgan fingerprint density at radius 2 is 2.00 bits per heavy atom. The molecular formula is C20H22FN3O3. The molecule has 6 nitrogen and oxygen atoms in total. The average Bonchev–Trinajstić information content (AvgIpc) is 3.23. The molecule has 3 heterocycles. The van der Waals surface area contributed by atoms with E-state index in [1.807, 2.05) is 18.7 Å². The summed E-state index contributed by atoms with van der Waals surface area (Å²) in [5.74, 6) is 0.834. The first-order valence-corrected chi connectivity index (χ1v) is 9.27. The molecule has 0 atom stereocenters. The predicted molar refractivity (Wildman–Crippen MR) is 96.8 cm³/mol. The Morgan fingerprint density at radius 3 is 2.70 bits per heavy atom. The van der Waals surface area contributed by atoms with Crippen LogP contribution in [0.15, 0.2) is 27.2 Å². The second-order valence-corrected chi connectivity index (χ2v) is 7.17. The fourth-order valence-corrected chi connectivity index (χ4v) is 3.88. The number of benzene rings is 1. The maximum absolute atomic E-state index is 13.3. The summed E-state index contributed by atoms with van der Waals surface area (Å²) in [6, 6.07) is 4.51. The zero-order chi connectivity index (χ0) is 19.0. The highest BCUT2D eigenvalue weighted by Gasteiger charge is 2.27. The van der Waals surface area contributed by atoms with Crippen molar-refractivity contribution in [3.8, 4) is 0 Å². The van der Waals surface area contributed by atoms with Gasteiger partial charge in [0.2, 0.25) is 5.91 Å². The number of piperidine rings is 1.